The molecule has 0 fully saturated rings. The molecule has 0 saturated carbocycles. The summed E-state index contributed by atoms with van der Waals surface area (Å²) in [6.07, 6.45) is 1.98. The molecule has 0 aromatic heterocycles. The van der Waals surface area contributed by atoms with Gasteiger partial charge in [-0.25, -0.2) is 4.79 Å². The van der Waals surface area contributed by atoms with E-state index in [1.807, 2.05) is 12.1 Å². The van der Waals surface area contributed by atoms with Crippen LogP contribution < -0.4 is 20.9 Å². The average Bonchev–Trinajstić information content (AvgIpc) is 2.98. The fourth-order valence-electron chi connectivity index (χ4n) is 2.46. The van der Waals surface area contributed by atoms with Crippen molar-refractivity contribution < 1.29 is 14.4 Å². The molecule has 0 aliphatic carbocycles. The van der Waals surface area contributed by atoms with Crippen LogP contribution >= 0.6 is 0 Å². The molecule has 4 amide bonds. The van der Waals surface area contributed by atoms with Crippen molar-refractivity contribution in [2.75, 3.05) is 23.8 Å². The van der Waals surface area contributed by atoms with Gasteiger partial charge in [-0.05, 0) is 31.1 Å². The molecule has 0 radical (unpaired) electrons. The summed E-state index contributed by atoms with van der Waals surface area (Å²) < 4.78 is 0. The monoisotopic (exact) mass is 316 g/mol. The van der Waals surface area contributed by atoms with E-state index in [0.29, 0.717) is 17.9 Å². The summed E-state index contributed by atoms with van der Waals surface area (Å²) in [4.78, 5) is 37.1. The molecule has 7 heteroatoms. The maximum Gasteiger partial charge on any atom is 0.315 e. The summed E-state index contributed by atoms with van der Waals surface area (Å²) in [5.41, 5.74) is 2.23. The number of fused-ring (bicyclic) bond motifs is 1. The quantitative estimate of drug-likeness (QED) is 0.724. The number of carbonyl (C=O) groups excluding carboxylic acids is 3. The van der Waals surface area contributed by atoms with Gasteiger partial charge >= 0.3 is 6.03 Å². The van der Waals surface area contributed by atoms with Crippen molar-refractivity contribution in [1.82, 2.24) is 10.6 Å². The molecule has 0 unspecified atom stereocenters. The van der Waals surface area contributed by atoms with E-state index in [-0.39, 0.29) is 11.8 Å². The highest BCUT2D eigenvalue weighted by Crippen LogP contribution is 2.35. The summed E-state index contributed by atoms with van der Waals surface area (Å²) in [6.45, 7) is 5.64. The van der Waals surface area contributed by atoms with E-state index in [1.165, 1.54) is 13.1 Å². The Hall–Kier alpha value is -2.83. The number of urea groups is 1. The Morgan fingerprint density at radius 2 is 2.09 bits per heavy atom. The first-order chi connectivity index (χ1) is 11.0. The second-order valence-electron chi connectivity index (χ2n) is 5.19. The standard InChI is InChI=1S/C16H20N4O3/c1-4-13(21)20-9-8-11-6-5-7-12(14(11)20)19-15(22)10(2)18-16(23)17-3/h4-7,10H,1,8-9H2,2-3H3,(H,19,22)(H2,17,18,23)/t10-/m1/s1. The van der Waals surface area contributed by atoms with Gasteiger partial charge in [-0.3, -0.25) is 9.59 Å². The zero-order valence-corrected chi connectivity index (χ0v) is 13.2. The lowest BCUT2D eigenvalue weighted by atomic mass is 10.1. The van der Waals surface area contributed by atoms with Crippen LogP contribution in [0.3, 0.4) is 0 Å². The van der Waals surface area contributed by atoms with E-state index in [4.69, 9.17) is 0 Å². The molecule has 122 valence electrons. The van der Waals surface area contributed by atoms with Gasteiger partial charge in [0.1, 0.15) is 6.04 Å². The number of hydrogen-bond donors (Lipinski definition) is 3. The number of benzene rings is 1. The van der Waals surface area contributed by atoms with Crippen LogP contribution in [0.25, 0.3) is 0 Å². The third-order valence-electron chi connectivity index (χ3n) is 3.66. The number of nitrogens with one attached hydrogen (secondary N) is 3. The number of para-hydroxylation sites is 1. The van der Waals surface area contributed by atoms with Crippen LogP contribution in [0, 0.1) is 0 Å². The number of hydrogen-bond acceptors (Lipinski definition) is 3. The first kappa shape index (κ1) is 16.5. The molecule has 1 aromatic rings. The minimum absolute atomic E-state index is 0.206. The smallest absolute Gasteiger partial charge is 0.315 e. The van der Waals surface area contributed by atoms with Crippen molar-refractivity contribution in [3.05, 3.63) is 36.4 Å². The SMILES string of the molecule is C=CC(=O)N1CCc2cccc(NC(=O)[C@@H](C)NC(=O)NC)c21. The van der Waals surface area contributed by atoms with Crippen molar-refractivity contribution in [1.29, 1.82) is 0 Å². The first-order valence-corrected chi connectivity index (χ1v) is 7.33. The zero-order valence-electron chi connectivity index (χ0n) is 13.2. The van der Waals surface area contributed by atoms with Gasteiger partial charge in [0.25, 0.3) is 0 Å². The minimum atomic E-state index is -0.712. The summed E-state index contributed by atoms with van der Waals surface area (Å²) in [5, 5.41) is 7.67. The molecule has 0 saturated heterocycles. The fraction of sp³-hybridized carbons (Fsp3) is 0.312. The Morgan fingerprint density at radius 1 is 1.35 bits per heavy atom. The molecular weight excluding hydrogens is 296 g/mol. The molecule has 2 rings (SSSR count). The number of rotatable bonds is 4. The fourth-order valence-corrected chi connectivity index (χ4v) is 2.46. The molecule has 1 heterocycles. The van der Waals surface area contributed by atoms with E-state index < -0.39 is 12.1 Å². The summed E-state index contributed by atoms with van der Waals surface area (Å²) in [5.74, 6) is -0.568. The van der Waals surface area contributed by atoms with Crippen molar-refractivity contribution in [2.45, 2.75) is 19.4 Å². The molecule has 23 heavy (non-hydrogen) atoms. The number of carbonyl (C=O) groups is 3. The van der Waals surface area contributed by atoms with E-state index in [1.54, 1.807) is 17.9 Å². The van der Waals surface area contributed by atoms with Gasteiger partial charge in [0, 0.05) is 13.6 Å². The molecule has 1 aliphatic rings. The van der Waals surface area contributed by atoms with Gasteiger partial charge < -0.3 is 20.9 Å². The van der Waals surface area contributed by atoms with Gasteiger partial charge in [0.15, 0.2) is 0 Å². The third kappa shape index (κ3) is 3.50. The summed E-state index contributed by atoms with van der Waals surface area (Å²) >= 11 is 0. The molecular formula is C16H20N4O3. The van der Waals surface area contributed by atoms with E-state index >= 15 is 0 Å². The van der Waals surface area contributed by atoms with E-state index in [0.717, 1.165) is 12.0 Å². The second kappa shape index (κ2) is 6.95. The summed E-state index contributed by atoms with van der Waals surface area (Å²) in [7, 11) is 1.48. The van der Waals surface area contributed by atoms with Crippen LogP contribution in [-0.4, -0.2) is 37.5 Å². The lowest BCUT2D eigenvalue weighted by Gasteiger charge is -2.20. The third-order valence-corrected chi connectivity index (χ3v) is 3.66. The maximum atomic E-state index is 12.2. The molecule has 7 nitrogen and oxygen atoms in total. The number of amides is 4. The van der Waals surface area contributed by atoms with Crippen LogP contribution in [0.4, 0.5) is 16.2 Å². The molecule has 1 aromatic carbocycles. The van der Waals surface area contributed by atoms with Crippen LogP contribution in [0.1, 0.15) is 12.5 Å². The van der Waals surface area contributed by atoms with Gasteiger partial charge in [0.05, 0.1) is 11.4 Å². The van der Waals surface area contributed by atoms with Gasteiger partial charge in [0.2, 0.25) is 11.8 Å². The Balaban J connectivity index is 2.20. The minimum Gasteiger partial charge on any atom is -0.341 e. The maximum absolute atomic E-state index is 12.2. The number of anilines is 2. The molecule has 3 N–H and O–H groups in total. The van der Waals surface area contributed by atoms with Gasteiger partial charge in [-0.1, -0.05) is 18.7 Å². The van der Waals surface area contributed by atoms with Crippen LogP contribution in [0.15, 0.2) is 30.9 Å². The Kier molecular flexibility index (Phi) is 5.00. The zero-order chi connectivity index (χ0) is 17.0. The van der Waals surface area contributed by atoms with Crippen LogP contribution in [0.5, 0.6) is 0 Å². The lowest BCUT2D eigenvalue weighted by molar-refractivity contribution is -0.117. The Bertz CT molecular complexity index is 657. The highest BCUT2D eigenvalue weighted by molar-refractivity contribution is 6.07. The topological polar surface area (TPSA) is 90.5 Å². The first-order valence-electron chi connectivity index (χ1n) is 7.33. The molecule has 1 aliphatic heterocycles. The van der Waals surface area contributed by atoms with E-state index in [2.05, 4.69) is 22.5 Å². The Morgan fingerprint density at radius 3 is 2.74 bits per heavy atom. The van der Waals surface area contributed by atoms with Crippen LogP contribution in [0.2, 0.25) is 0 Å². The Labute approximate surface area is 134 Å². The highest BCUT2D eigenvalue weighted by Gasteiger charge is 2.27. The van der Waals surface area contributed by atoms with Crippen molar-refractivity contribution in [2.24, 2.45) is 0 Å². The second-order valence-corrected chi connectivity index (χ2v) is 5.19. The van der Waals surface area contributed by atoms with Crippen molar-refractivity contribution in [3.8, 4) is 0 Å². The molecule has 1 atom stereocenters. The number of nitrogens with zero attached hydrogens (tertiary/aromatic N) is 1. The van der Waals surface area contributed by atoms with Gasteiger partial charge in [-0.15, -0.1) is 0 Å². The van der Waals surface area contributed by atoms with Crippen molar-refractivity contribution >= 4 is 29.2 Å². The largest absolute Gasteiger partial charge is 0.341 e. The highest BCUT2D eigenvalue weighted by atomic mass is 16.2. The summed E-state index contributed by atoms with van der Waals surface area (Å²) in [6, 6.07) is 4.34. The lowest BCUT2D eigenvalue weighted by Crippen LogP contribution is -2.45. The predicted octanol–water partition coefficient (Wildman–Crippen LogP) is 1.02. The normalized spacial score (nSPS) is 13.7. The van der Waals surface area contributed by atoms with Gasteiger partial charge in [-0.2, -0.15) is 0 Å². The molecule has 0 bridgehead atoms. The van der Waals surface area contributed by atoms with Crippen molar-refractivity contribution in [3.63, 3.8) is 0 Å². The molecule has 0 spiro atoms. The average molecular weight is 316 g/mol. The predicted molar refractivity (Wildman–Crippen MR) is 88.4 cm³/mol. The van der Waals surface area contributed by atoms with E-state index in [9.17, 15) is 14.4 Å². The van der Waals surface area contributed by atoms with Crippen LogP contribution in [-0.2, 0) is 16.0 Å².